The van der Waals surface area contributed by atoms with E-state index in [0.717, 1.165) is 28.6 Å². The van der Waals surface area contributed by atoms with Gasteiger partial charge in [0, 0.05) is 23.4 Å². The van der Waals surface area contributed by atoms with Crippen LogP contribution in [0, 0.1) is 0 Å². The second-order valence-corrected chi connectivity index (χ2v) is 7.21. The second-order valence-electron chi connectivity index (χ2n) is 7.21. The van der Waals surface area contributed by atoms with Crippen LogP contribution in [-0.4, -0.2) is 22.2 Å². The summed E-state index contributed by atoms with van der Waals surface area (Å²) in [6, 6.07) is 19.2. The largest absolute Gasteiger partial charge is 0.490 e. The third kappa shape index (κ3) is 3.45. The summed E-state index contributed by atoms with van der Waals surface area (Å²) < 4.78 is 11.3. The summed E-state index contributed by atoms with van der Waals surface area (Å²) in [6.45, 7) is 2.31. The Morgan fingerprint density at radius 3 is 2.97 bits per heavy atom. The molecule has 1 amide bonds. The first kappa shape index (κ1) is 17.4. The number of carbonyl (C=O) groups excluding carboxylic acids is 1. The number of benzene rings is 2. The summed E-state index contributed by atoms with van der Waals surface area (Å²) in [6.07, 6.45) is 1.12. The summed E-state index contributed by atoms with van der Waals surface area (Å²) in [7, 11) is 0. The van der Waals surface area contributed by atoms with Crippen LogP contribution < -0.4 is 10.1 Å². The second kappa shape index (κ2) is 7.05. The van der Waals surface area contributed by atoms with Crippen molar-refractivity contribution in [2.45, 2.75) is 26.0 Å². The van der Waals surface area contributed by atoms with E-state index in [2.05, 4.69) is 28.4 Å². The Kier molecular flexibility index (Phi) is 4.24. The number of carbonyl (C=O) groups is 1. The lowest BCUT2D eigenvalue weighted by Gasteiger charge is -2.04. The lowest BCUT2D eigenvalue weighted by molar-refractivity contribution is 0.0945. The van der Waals surface area contributed by atoms with Crippen LogP contribution in [0.1, 0.15) is 28.7 Å². The van der Waals surface area contributed by atoms with Crippen LogP contribution in [0.3, 0.4) is 0 Å². The fourth-order valence-corrected chi connectivity index (χ4v) is 3.54. The number of amides is 1. The van der Waals surface area contributed by atoms with Gasteiger partial charge >= 0.3 is 0 Å². The first-order valence-corrected chi connectivity index (χ1v) is 9.55. The molecule has 29 heavy (non-hydrogen) atoms. The first-order chi connectivity index (χ1) is 14.2. The molecule has 0 saturated heterocycles. The van der Waals surface area contributed by atoms with Crippen molar-refractivity contribution < 1.29 is 14.1 Å². The number of aromatic nitrogens is 2. The third-order valence-electron chi connectivity index (χ3n) is 5.01. The van der Waals surface area contributed by atoms with Gasteiger partial charge in [0.05, 0.1) is 12.1 Å². The zero-order chi connectivity index (χ0) is 19.8. The molecule has 0 fully saturated rings. The van der Waals surface area contributed by atoms with Gasteiger partial charge in [-0.3, -0.25) is 4.79 Å². The standard InChI is InChI=1S/C23H19N3O3/c1-14-10-16-6-7-17(11-21(16)28-14)22-12-18(26-29-22)13-24-23(27)20-9-8-15-4-2-3-5-19(15)25-20/h2-9,11-12,14H,10,13H2,1H3,(H,24,27). The van der Waals surface area contributed by atoms with Gasteiger partial charge in [-0.25, -0.2) is 4.98 Å². The van der Waals surface area contributed by atoms with Crippen molar-refractivity contribution in [3.8, 4) is 17.1 Å². The van der Waals surface area contributed by atoms with Gasteiger partial charge in [0.1, 0.15) is 23.2 Å². The molecule has 1 atom stereocenters. The van der Waals surface area contributed by atoms with Gasteiger partial charge in [-0.05, 0) is 30.7 Å². The summed E-state index contributed by atoms with van der Waals surface area (Å²) in [5.74, 6) is 1.29. The summed E-state index contributed by atoms with van der Waals surface area (Å²) >= 11 is 0. The van der Waals surface area contributed by atoms with Crippen LogP contribution in [0.2, 0.25) is 0 Å². The van der Waals surface area contributed by atoms with Crippen molar-refractivity contribution in [3.63, 3.8) is 0 Å². The number of nitrogens with one attached hydrogen (secondary N) is 1. The number of nitrogens with zero attached hydrogens (tertiary/aromatic N) is 2. The number of para-hydroxylation sites is 1. The summed E-state index contributed by atoms with van der Waals surface area (Å²) in [5, 5.41) is 7.91. The molecular formula is C23H19N3O3. The molecular weight excluding hydrogens is 366 g/mol. The molecule has 0 spiro atoms. The molecule has 4 aromatic rings. The van der Waals surface area contributed by atoms with Crippen molar-refractivity contribution in [1.29, 1.82) is 0 Å². The van der Waals surface area contributed by atoms with E-state index in [-0.39, 0.29) is 18.6 Å². The first-order valence-electron chi connectivity index (χ1n) is 9.55. The predicted octanol–water partition coefficient (Wildman–Crippen LogP) is 4.14. The van der Waals surface area contributed by atoms with Crippen molar-refractivity contribution in [3.05, 3.63) is 77.6 Å². The van der Waals surface area contributed by atoms with E-state index >= 15 is 0 Å². The van der Waals surface area contributed by atoms with Crippen LogP contribution in [0.25, 0.3) is 22.2 Å². The molecule has 0 radical (unpaired) electrons. The highest BCUT2D eigenvalue weighted by molar-refractivity contribution is 5.94. The molecule has 144 valence electrons. The number of ether oxygens (including phenoxy) is 1. The monoisotopic (exact) mass is 385 g/mol. The number of fused-ring (bicyclic) bond motifs is 2. The third-order valence-corrected chi connectivity index (χ3v) is 5.01. The van der Waals surface area contributed by atoms with Gasteiger partial charge in [0.15, 0.2) is 5.76 Å². The maximum Gasteiger partial charge on any atom is 0.270 e. The van der Waals surface area contributed by atoms with E-state index in [4.69, 9.17) is 9.26 Å². The minimum atomic E-state index is -0.250. The van der Waals surface area contributed by atoms with Crippen molar-refractivity contribution >= 4 is 16.8 Å². The molecule has 5 rings (SSSR count). The van der Waals surface area contributed by atoms with E-state index in [9.17, 15) is 4.79 Å². The van der Waals surface area contributed by atoms with Crippen LogP contribution in [0.5, 0.6) is 5.75 Å². The molecule has 2 aromatic heterocycles. The maximum atomic E-state index is 12.4. The molecule has 0 saturated carbocycles. The number of hydrogen-bond donors (Lipinski definition) is 1. The highest BCUT2D eigenvalue weighted by Crippen LogP contribution is 2.33. The van der Waals surface area contributed by atoms with Crippen molar-refractivity contribution in [2.24, 2.45) is 0 Å². The Morgan fingerprint density at radius 1 is 1.14 bits per heavy atom. The lowest BCUT2D eigenvalue weighted by Crippen LogP contribution is -2.23. The Balaban J connectivity index is 1.28. The van der Waals surface area contributed by atoms with Gasteiger partial charge in [0.25, 0.3) is 5.91 Å². The molecule has 1 unspecified atom stereocenters. The van der Waals surface area contributed by atoms with Gasteiger partial charge in [-0.1, -0.05) is 41.6 Å². The summed E-state index contributed by atoms with van der Waals surface area (Å²) in [4.78, 5) is 16.9. The topological polar surface area (TPSA) is 77.3 Å². The molecule has 1 aliphatic rings. The lowest BCUT2D eigenvalue weighted by atomic mass is 10.1. The Morgan fingerprint density at radius 2 is 2.03 bits per heavy atom. The molecule has 6 nitrogen and oxygen atoms in total. The normalized spacial score (nSPS) is 15.1. The minimum Gasteiger partial charge on any atom is -0.490 e. The van der Waals surface area contributed by atoms with E-state index in [1.54, 1.807) is 6.07 Å². The zero-order valence-electron chi connectivity index (χ0n) is 15.9. The van der Waals surface area contributed by atoms with Crippen molar-refractivity contribution in [1.82, 2.24) is 15.5 Å². The predicted molar refractivity (Wildman–Crippen MR) is 109 cm³/mol. The number of pyridine rings is 1. The zero-order valence-corrected chi connectivity index (χ0v) is 15.9. The highest BCUT2D eigenvalue weighted by Gasteiger charge is 2.20. The molecule has 1 N–H and O–H groups in total. The van der Waals surface area contributed by atoms with Crippen LogP contribution in [-0.2, 0) is 13.0 Å². The smallest absolute Gasteiger partial charge is 0.270 e. The average molecular weight is 385 g/mol. The highest BCUT2D eigenvalue weighted by atomic mass is 16.5. The minimum absolute atomic E-state index is 0.199. The van der Waals surface area contributed by atoms with Crippen LogP contribution in [0.15, 0.2) is 65.2 Å². The molecule has 6 heteroatoms. The Bertz CT molecular complexity index is 1210. The fourth-order valence-electron chi connectivity index (χ4n) is 3.54. The van der Waals surface area contributed by atoms with Gasteiger partial charge in [-0.2, -0.15) is 0 Å². The Labute approximate surface area is 167 Å². The molecule has 0 bridgehead atoms. The average Bonchev–Trinajstić information content (AvgIpc) is 3.36. The SMILES string of the molecule is CC1Cc2ccc(-c3cc(CNC(=O)c4ccc5ccccc5n4)no3)cc2O1. The van der Waals surface area contributed by atoms with Crippen molar-refractivity contribution in [2.75, 3.05) is 0 Å². The molecule has 3 heterocycles. The van der Waals surface area contributed by atoms with Crippen LogP contribution >= 0.6 is 0 Å². The molecule has 0 aliphatic carbocycles. The van der Waals surface area contributed by atoms with Gasteiger partial charge < -0.3 is 14.6 Å². The van der Waals surface area contributed by atoms with E-state index < -0.39 is 0 Å². The van der Waals surface area contributed by atoms with Gasteiger partial charge in [0.2, 0.25) is 0 Å². The number of rotatable bonds is 4. The van der Waals surface area contributed by atoms with E-state index in [1.807, 2.05) is 48.5 Å². The van der Waals surface area contributed by atoms with E-state index in [0.29, 0.717) is 17.1 Å². The maximum absolute atomic E-state index is 12.4. The summed E-state index contributed by atoms with van der Waals surface area (Å²) in [5.41, 5.74) is 3.91. The van der Waals surface area contributed by atoms with Crippen LogP contribution in [0.4, 0.5) is 0 Å². The number of hydrogen-bond acceptors (Lipinski definition) is 5. The molecule has 1 aliphatic heterocycles. The van der Waals surface area contributed by atoms with Gasteiger partial charge in [-0.15, -0.1) is 0 Å². The quantitative estimate of drug-likeness (QED) is 0.571. The van der Waals surface area contributed by atoms with E-state index in [1.165, 1.54) is 5.56 Å². The Hall–Kier alpha value is -3.67. The molecule has 2 aromatic carbocycles. The fraction of sp³-hybridized carbons (Fsp3) is 0.174.